The number of hydrogen-bond donors (Lipinski definition) is 1. The van der Waals surface area contributed by atoms with Gasteiger partial charge in [-0.05, 0) is 25.5 Å². The Labute approximate surface area is 108 Å². The fourth-order valence-corrected chi connectivity index (χ4v) is 2.27. The highest BCUT2D eigenvalue weighted by molar-refractivity contribution is 5.07. The second-order valence-electron chi connectivity index (χ2n) is 4.56. The van der Waals surface area contributed by atoms with Crippen molar-refractivity contribution in [2.75, 3.05) is 26.4 Å². The van der Waals surface area contributed by atoms with Crippen molar-refractivity contribution >= 4 is 0 Å². The van der Waals surface area contributed by atoms with E-state index in [4.69, 9.17) is 9.47 Å². The summed E-state index contributed by atoms with van der Waals surface area (Å²) in [6, 6.07) is 0.296. The molecule has 5 nitrogen and oxygen atoms in total. The second-order valence-corrected chi connectivity index (χ2v) is 4.56. The maximum absolute atomic E-state index is 5.78. The van der Waals surface area contributed by atoms with Crippen LogP contribution in [-0.2, 0) is 22.4 Å². The van der Waals surface area contributed by atoms with Crippen LogP contribution >= 0.6 is 0 Å². The van der Waals surface area contributed by atoms with E-state index in [-0.39, 0.29) is 6.10 Å². The van der Waals surface area contributed by atoms with E-state index in [1.54, 1.807) is 0 Å². The second kappa shape index (κ2) is 6.87. The molecule has 102 valence electrons. The molecule has 0 radical (unpaired) electrons. The van der Waals surface area contributed by atoms with Crippen molar-refractivity contribution in [3.8, 4) is 0 Å². The largest absolute Gasteiger partial charge is 0.376 e. The summed E-state index contributed by atoms with van der Waals surface area (Å²) in [5, 5.41) is 7.80. The van der Waals surface area contributed by atoms with E-state index in [0.29, 0.717) is 25.9 Å². The number of aryl methyl sites for hydroxylation is 1. The minimum Gasteiger partial charge on any atom is -0.376 e. The molecule has 1 aliphatic rings. The zero-order valence-electron chi connectivity index (χ0n) is 11.3. The molecule has 1 aromatic heterocycles. The molecule has 1 aromatic rings. The lowest BCUT2D eigenvalue weighted by atomic mass is 10.0. The van der Waals surface area contributed by atoms with Crippen molar-refractivity contribution in [1.29, 1.82) is 0 Å². The minimum absolute atomic E-state index is 0.142. The number of ether oxygens (including phenoxy) is 2. The fourth-order valence-electron chi connectivity index (χ4n) is 2.27. The molecule has 1 fully saturated rings. The maximum Gasteiger partial charge on any atom is 0.0965 e. The van der Waals surface area contributed by atoms with Crippen LogP contribution in [0, 0.1) is 0 Å². The summed E-state index contributed by atoms with van der Waals surface area (Å²) in [7, 11) is 0. The van der Waals surface area contributed by atoms with E-state index < -0.39 is 0 Å². The van der Waals surface area contributed by atoms with Crippen molar-refractivity contribution in [2.45, 2.75) is 39.0 Å². The SMILES string of the molecule is CCNC(Cc1cnn(CC)c1)C1COCCO1. The van der Waals surface area contributed by atoms with Gasteiger partial charge in [0, 0.05) is 18.8 Å². The van der Waals surface area contributed by atoms with Gasteiger partial charge in [0.1, 0.15) is 0 Å². The predicted octanol–water partition coefficient (Wildman–Crippen LogP) is 0.839. The molecule has 0 aromatic carbocycles. The molecule has 2 rings (SSSR count). The van der Waals surface area contributed by atoms with Gasteiger partial charge in [-0.2, -0.15) is 5.10 Å². The third-order valence-electron chi connectivity index (χ3n) is 3.22. The molecule has 0 spiro atoms. The summed E-state index contributed by atoms with van der Waals surface area (Å²) in [6.45, 7) is 8.15. The first kappa shape index (κ1) is 13.5. The Morgan fingerprint density at radius 3 is 3.00 bits per heavy atom. The van der Waals surface area contributed by atoms with E-state index in [1.165, 1.54) is 5.56 Å². The summed E-state index contributed by atoms with van der Waals surface area (Å²) >= 11 is 0. The third kappa shape index (κ3) is 3.54. The van der Waals surface area contributed by atoms with Crippen LogP contribution in [-0.4, -0.2) is 48.3 Å². The summed E-state index contributed by atoms with van der Waals surface area (Å²) in [5.41, 5.74) is 1.25. The van der Waals surface area contributed by atoms with Gasteiger partial charge in [0.15, 0.2) is 0 Å². The van der Waals surface area contributed by atoms with Crippen LogP contribution < -0.4 is 5.32 Å². The molecule has 2 heterocycles. The van der Waals surface area contributed by atoms with Crippen molar-refractivity contribution in [1.82, 2.24) is 15.1 Å². The molecule has 0 saturated carbocycles. The molecule has 0 bridgehead atoms. The Hall–Kier alpha value is -0.910. The number of rotatable bonds is 6. The average molecular weight is 253 g/mol. The first-order valence-electron chi connectivity index (χ1n) is 6.77. The smallest absolute Gasteiger partial charge is 0.0965 e. The highest BCUT2D eigenvalue weighted by Gasteiger charge is 2.25. The highest BCUT2D eigenvalue weighted by Crippen LogP contribution is 2.11. The van der Waals surface area contributed by atoms with Gasteiger partial charge in [0.05, 0.1) is 32.1 Å². The molecule has 0 aliphatic carbocycles. The van der Waals surface area contributed by atoms with Gasteiger partial charge in [-0.1, -0.05) is 6.92 Å². The minimum atomic E-state index is 0.142. The molecule has 0 amide bonds. The highest BCUT2D eigenvalue weighted by atomic mass is 16.6. The number of nitrogens with one attached hydrogen (secondary N) is 1. The number of nitrogens with zero attached hydrogens (tertiary/aromatic N) is 2. The molecule has 2 unspecified atom stereocenters. The lowest BCUT2D eigenvalue weighted by Crippen LogP contribution is -2.47. The fraction of sp³-hybridized carbons (Fsp3) is 0.769. The van der Waals surface area contributed by atoms with Crippen LogP contribution in [0.2, 0.25) is 0 Å². The molecule has 1 saturated heterocycles. The van der Waals surface area contributed by atoms with Crippen molar-refractivity contribution < 1.29 is 9.47 Å². The van der Waals surface area contributed by atoms with Crippen LogP contribution in [0.5, 0.6) is 0 Å². The molecular weight excluding hydrogens is 230 g/mol. The van der Waals surface area contributed by atoms with Gasteiger partial charge in [0.2, 0.25) is 0 Å². The van der Waals surface area contributed by atoms with Gasteiger partial charge >= 0.3 is 0 Å². The van der Waals surface area contributed by atoms with Gasteiger partial charge < -0.3 is 14.8 Å². The van der Waals surface area contributed by atoms with Gasteiger partial charge in [-0.15, -0.1) is 0 Å². The van der Waals surface area contributed by atoms with Crippen LogP contribution in [0.3, 0.4) is 0 Å². The summed E-state index contributed by atoms with van der Waals surface area (Å²) in [5.74, 6) is 0. The molecule has 5 heteroatoms. The maximum atomic E-state index is 5.78. The van der Waals surface area contributed by atoms with Crippen LogP contribution in [0.1, 0.15) is 19.4 Å². The third-order valence-corrected chi connectivity index (χ3v) is 3.22. The molecule has 1 aliphatic heterocycles. The normalized spacial score (nSPS) is 22.0. The van der Waals surface area contributed by atoms with Crippen molar-refractivity contribution in [2.24, 2.45) is 0 Å². The quantitative estimate of drug-likeness (QED) is 0.816. The Morgan fingerprint density at radius 2 is 2.39 bits per heavy atom. The Bertz CT molecular complexity index is 348. The zero-order valence-corrected chi connectivity index (χ0v) is 11.3. The van der Waals surface area contributed by atoms with Crippen molar-refractivity contribution in [3.63, 3.8) is 0 Å². The van der Waals surface area contributed by atoms with Crippen LogP contribution in [0.15, 0.2) is 12.4 Å². The first-order valence-corrected chi connectivity index (χ1v) is 6.77. The number of aromatic nitrogens is 2. The van der Waals surface area contributed by atoms with E-state index in [9.17, 15) is 0 Å². The lowest BCUT2D eigenvalue weighted by molar-refractivity contribution is -0.101. The summed E-state index contributed by atoms with van der Waals surface area (Å²) in [4.78, 5) is 0. The lowest BCUT2D eigenvalue weighted by Gasteiger charge is -2.30. The van der Waals surface area contributed by atoms with Crippen molar-refractivity contribution in [3.05, 3.63) is 18.0 Å². The predicted molar refractivity (Wildman–Crippen MR) is 69.6 cm³/mol. The molecular formula is C13H23N3O2. The molecule has 18 heavy (non-hydrogen) atoms. The average Bonchev–Trinajstić information content (AvgIpc) is 2.87. The molecule has 1 N–H and O–H groups in total. The zero-order chi connectivity index (χ0) is 12.8. The van der Waals surface area contributed by atoms with Gasteiger partial charge in [-0.3, -0.25) is 4.68 Å². The van der Waals surface area contributed by atoms with E-state index in [2.05, 4.69) is 30.5 Å². The van der Waals surface area contributed by atoms with Crippen LogP contribution in [0.25, 0.3) is 0 Å². The topological polar surface area (TPSA) is 48.3 Å². The summed E-state index contributed by atoms with van der Waals surface area (Å²) in [6.07, 6.45) is 5.12. The Morgan fingerprint density at radius 1 is 1.50 bits per heavy atom. The van der Waals surface area contributed by atoms with Gasteiger partial charge in [0.25, 0.3) is 0 Å². The molecule has 2 atom stereocenters. The van der Waals surface area contributed by atoms with E-state index in [0.717, 1.165) is 19.5 Å². The Balaban J connectivity index is 1.95. The standard InChI is InChI=1S/C13H23N3O2/c1-3-14-12(13-10-17-5-6-18-13)7-11-8-15-16(4-2)9-11/h8-9,12-14H,3-7,10H2,1-2H3. The number of hydrogen-bond acceptors (Lipinski definition) is 4. The van der Waals surface area contributed by atoms with E-state index in [1.807, 2.05) is 10.9 Å². The summed E-state index contributed by atoms with van der Waals surface area (Å²) < 4.78 is 13.2. The van der Waals surface area contributed by atoms with E-state index >= 15 is 0 Å². The van der Waals surface area contributed by atoms with Crippen LogP contribution in [0.4, 0.5) is 0 Å². The van der Waals surface area contributed by atoms with Gasteiger partial charge in [-0.25, -0.2) is 0 Å². The monoisotopic (exact) mass is 253 g/mol. The number of likely N-dealkylation sites (N-methyl/N-ethyl adjacent to an activating group) is 1. The first-order chi connectivity index (χ1) is 8.83. The Kier molecular flexibility index (Phi) is 5.16.